The second-order valence-electron chi connectivity index (χ2n) is 14.5. The third-order valence-corrected chi connectivity index (χ3v) is 11.0. The number of piperidine rings is 2. The molecule has 14 nitrogen and oxygen atoms in total. The van der Waals surface area contributed by atoms with Crippen LogP contribution in [0.25, 0.3) is 10.9 Å². The molecule has 1 atom stereocenters. The molecule has 5 heterocycles. The molecule has 3 fully saturated rings. The first-order valence-electron chi connectivity index (χ1n) is 18.3. The van der Waals surface area contributed by atoms with E-state index in [-0.39, 0.29) is 66.7 Å². The summed E-state index contributed by atoms with van der Waals surface area (Å²) < 4.78 is 31.5. The van der Waals surface area contributed by atoms with E-state index in [9.17, 15) is 28.4 Å². The van der Waals surface area contributed by atoms with Gasteiger partial charge < -0.3 is 28.9 Å². The minimum Gasteiger partial charge on any atom is -0.493 e. The number of aromatic nitrogens is 2. The standard InChI is InChI=1S/C40H39FN6O8/c1-53-32-18-27-29(42-23-43-37(27)55-31-6-3-2-5-28(31)41)19-33(32)54-16-4-7-35(49)45-14-12-40(13-15-45)21-46(22-40)38(51)24-8-9-26-25(17-24)20-47(39(26)52)30-10-11-34(48)44-36(30)50/h2-3,5-6,8-9,17-19,23,30H,4,7,10-16,20-22H2,1H3,(H,44,48,50). The van der Waals surface area contributed by atoms with Gasteiger partial charge in [0.1, 0.15) is 12.4 Å². The first-order chi connectivity index (χ1) is 26.6. The third kappa shape index (κ3) is 7.01. The molecule has 3 aromatic carbocycles. The molecule has 0 saturated carbocycles. The quantitative estimate of drug-likeness (QED) is 0.183. The molecule has 15 heteroatoms. The number of likely N-dealkylation sites (tertiary alicyclic amines) is 2. The number of amides is 5. The van der Waals surface area contributed by atoms with Crippen LogP contribution in [0.15, 0.2) is 60.9 Å². The van der Waals surface area contributed by atoms with E-state index in [1.165, 1.54) is 30.5 Å². The Morgan fingerprint density at radius 1 is 0.964 bits per heavy atom. The van der Waals surface area contributed by atoms with E-state index in [1.54, 1.807) is 42.5 Å². The van der Waals surface area contributed by atoms with Gasteiger partial charge in [0, 0.05) is 68.2 Å². The van der Waals surface area contributed by atoms with Gasteiger partial charge >= 0.3 is 0 Å². The molecule has 5 amide bonds. The highest BCUT2D eigenvalue weighted by Gasteiger charge is 2.47. The minimum absolute atomic E-state index is 0.0266. The maximum absolute atomic E-state index is 14.2. The molecule has 1 unspecified atom stereocenters. The Balaban J connectivity index is 0.796. The summed E-state index contributed by atoms with van der Waals surface area (Å²) in [4.78, 5) is 77.2. The number of nitrogens with one attached hydrogen (secondary N) is 1. The Hall–Kier alpha value is -6.12. The summed E-state index contributed by atoms with van der Waals surface area (Å²) in [7, 11) is 1.51. The van der Waals surface area contributed by atoms with E-state index in [1.807, 2.05) is 9.80 Å². The molecular formula is C40H39FN6O8. The van der Waals surface area contributed by atoms with Crippen molar-refractivity contribution < 1.29 is 42.6 Å². The fraction of sp³-hybridized carbons (Fsp3) is 0.375. The lowest BCUT2D eigenvalue weighted by atomic mass is 9.71. The van der Waals surface area contributed by atoms with Crippen LogP contribution in [0.3, 0.4) is 0 Å². The van der Waals surface area contributed by atoms with Crippen LogP contribution in [-0.2, 0) is 20.9 Å². The number of hydrogen-bond donors (Lipinski definition) is 1. The highest BCUT2D eigenvalue weighted by atomic mass is 19.1. The smallest absolute Gasteiger partial charge is 0.255 e. The Morgan fingerprint density at radius 3 is 2.53 bits per heavy atom. The fourth-order valence-electron chi connectivity index (χ4n) is 7.93. The SMILES string of the molecule is COc1cc2c(Oc3ccccc3F)ncnc2cc1OCCCC(=O)N1CCC2(CC1)CN(C(=O)c1ccc3c(c1)CN(C1CCC(=O)NC1=O)C3=O)C2. The fourth-order valence-corrected chi connectivity index (χ4v) is 7.93. The molecule has 284 valence electrons. The molecule has 1 aromatic heterocycles. The topological polar surface area (TPSA) is 161 Å². The van der Waals surface area contributed by atoms with Gasteiger partial charge in [-0.25, -0.2) is 14.4 Å². The number of ether oxygens (including phenoxy) is 3. The van der Waals surface area contributed by atoms with E-state index in [4.69, 9.17) is 14.2 Å². The summed E-state index contributed by atoms with van der Waals surface area (Å²) in [6.45, 7) is 2.94. The lowest BCUT2D eigenvalue weighted by Crippen LogP contribution is -2.62. The molecule has 1 spiro atoms. The second-order valence-corrected chi connectivity index (χ2v) is 14.5. The molecule has 0 radical (unpaired) electrons. The van der Waals surface area contributed by atoms with Crippen molar-refractivity contribution in [1.82, 2.24) is 30.0 Å². The maximum Gasteiger partial charge on any atom is 0.255 e. The summed E-state index contributed by atoms with van der Waals surface area (Å²) in [5.41, 5.74) is 2.16. The number of para-hydroxylation sites is 1. The predicted octanol–water partition coefficient (Wildman–Crippen LogP) is 4.25. The van der Waals surface area contributed by atoms with Crippen molar-refractivity contribution in [1.29, 1.82) is 0 Å². The van der Waals surface area contributed by atoms with Crippen molar-refractivity contribution in [3.8, 4) is 23.1 Å². The summed E-state index contributed by atoms with van der Waals surface area (Å²) >= 11 is 0. The molecule has 3 saturated heterocycles. The number of imide groups is 1. The number of carbonyl (C=O) groups excluding carboxylic acids is 5. The highest BCUT2D eigenvalue weighted by Crippen LogP contribution is 2.42. The Labute approximate surface area is 315 Å². The van der Waals surface area contributed by atoms with Crippen LogP contribution in [0, 0.1) is 11.2 Å². The minimum atomic E-state index is -0.708. The zero-order valence-corrected chi connectivity index (χ0v) is 30.2. The molecular weight excluding hydrogens is 711 g/mol. The summed E-state index contributed by atoms with van der Waals surface area (Å²) in [6.07, 6.45) is 4.20. The second kappa shape index (κ2) is 14.6. The zero-order chi connectivity index (χ0) is 38.3. The molecule has 8 rings (SSSR count). The molecule has 55 heavy (non-hydrogen) atoms. The van der Waals surface area contributed by atoms with Crippen molar-refractivity contribution in [3.63, 3.8) is 0 Å². The summed E-state index contributed by atoms with van der Waals surface area (Å²) in [6, 6.07) is 13.8. The number of carbonyl (C=O) groups is 5. The molecule has 1 N–H and O–H groups in total. The Bertz CT molecular complexity index is 2220. The van der Waals surface area contributed by atoms with Crippen LogP contribution in [0.1, 0.15) is 64.8 Å². The van der Waals surface area contributed by atoms with Crippen LogP contribution < -0.4 is 19.5 Å². The maximum atomic E-state index is 14.2. The van der Waals surface area contributed by atoms with Crippen LogP contribution in [0.4, 0.5) is 4.39 Å². The number of fused-ring (bicyclic) bond motifs is 2. The number of benzene rings is 3. The van der Waals surface area contributed by atoms with Crippen LogP contribution in [-0.4, -0.2) is 100 Å². The molecule has 4 aliphatic rings. The number of hydrogen-bond acceptors (Lipinski definition) is 10. The van der Waals surface area contributed by atoms with Crippen molar-refractivity contribution in [3.05, 3.63) is 83.4 Å². The third-order valence-electron chi connectivity index (χ3n) is 11.0. The van der Waals surface area contributed by atoms with Gasteiger partial charge in [-0.2, -0.15) is 0 Å². The van der Waals surface area contributed by atoms with Gasteiger partial charge in [-0.1, -0.05) is 12.1 Å². The van der Waals surface area contributed by atoms with E-state index in [2.05, 4.69) is 15.3 Å². The first-order valence-corrected chi connectivity index (χ1v) is 18.3. The van der Waals surface area contributed by atoms with Gasteiger partial charge in [0.05, 0.1) is 24.6 Å². The van der Waals surface area contributed by atoms with Crippen LogP contribution in [0.5, 0.6) is 23.1 Å². The average molecular weight is 751 g/mol. The monoisotopic (exact) mass is 750 g/mol. The van der Waals surface area contributed by atoms with Crippen molar-refractivity contribution in [2.75, 3.05) is 39.9 Å². The Kier molecular flexibility index (Phi) is 9.53. The zero-order valence-electron chi connectivity index (χ0n) is 30.2. The van der Waals surface area contributed by atoms with E-state index >= 15 is 0 Å². The lowest BCUT2D eigenvalue weighted by Gasteiger charge is -2.54. The van der Waals surface area contributed by atoms with Crippen molar-refractivity contribution in [2.24, 2.45) is 5.41 Å². The molecule has 0 aliphatic carbocycles. The number of rotatable bonds is 10. The largest absolute Gasteiger partial charge is 0.493 e. The Morgan fingerprint density at radius 2 is 1.76 bits per heavy atom. The summed E-state index contributed by atoms with van der Waals surface area (Å²) in [5.74, 6) is -0.568. The van der Waals surface area contributed by atoms with Crippen molar-refractivity contribution >= 4 is 40.4 Å². The number of nitrogens with zero attached hydrogens (tertiary/aromatic N) is 5. The van der Waals surface area contributed by atoms with Gasteiger partial charge in [-0.3, -0.25) is 29.3 Å². The lowest BCUT2D eigenvalue weighted by molar-refractivity contribution is -0.137. The van der Waals surface area contributed by atoms with Crippen molar-refractivity contribution in [2.45, 2.75) is 51.1 Å². The van der Waals surface area contributed by atoms with Crippen LogP contribution >= 0.6 is 0 Å². The normalized spacial score (nSPS) is 18.9. The number of halogens is 1. The molecule has 4 aliphatic heterocycles. The van der Waals surface area contributed by atoms with Gasteiger partial charge in [0.25, 0.3) is 11.8 Å². The predicted molar refractivity (Wildman–Crippen MR) is 194 cm³/mol. The van der Waals surface area contributed by atoms with Gasteiger partial charge in [0.15, 0.2) is 23.1 Å². The van der Waals surface area contributed by atoms with E-state index in [0.717, 1.165) is 12.8 Å². The van der Waals surface area contributed by atoms with Gasteiger partial charge in [0.2, 0.25) is 23.6 Å². The van der Waals surface area contributed by atoms with E-state index in [0.29, 0.717) is 78.1 Å². The van der Waals surface area contributed by atoms with Gasteiger partial charge in [-0.05, 0) is 67.6 Å². The number of methoxy groups -OCH3 is 1. The van der Waals surface area contributed by atoms with E-state index < -0.39 is 17.8 Å². The average Bonchev–Trinajstić information content (AvgIpc) is 3.50. The molecule has 0 bridgehead atoms. The van der Waals surface area contributed by atoms with Crippen LogP contribution in [0.2, 0.25) is 0 Å². The summed E-state index contributed by atoms with van der Waals surface area (Å²) in [5, 5.41) is 2.83. The first kappa shape index (κ1) is 35.9. The molecule has 4 aromatic rings. The highest BCUT2D eigenvalue weighted by molar-refractivity contribution is 6.06. The van der Waals surface area contributed by atoms with Gasteiger partial charge in [-0.15, -0.1) is 0 Å².